The molecule has 1 aromatic carbocycles. The summed E-state index contributed by atoms with van der Waals surface area (Å²) in [6, 6.07) is 5.33. The van der Waals surface area contributed by atoms with Gasteiger partial charge in [-0.3, -0.25) is 0 Å². The molecule has 0 saturated carbocycles. The zero-order valence-corrected chi connectivity index (χ0v) is 15.4. The predicted octanol–water partition coefficient (Wildman–Crippen LogP) is 3.14. The lowest BCUT2D eigenvalue weighted by Gasteiger charge is -2.20. The Bertz CT molecular complexity index is 730. The van der Waals surface area contributed by atoms with Crippen molar-refractivity contribution in [3.63, 3.8) is 0 Å². The molecule has 2 heterocycles. The van der Waals surface area contributed by atoms with Gasteiger partial charge in [0.2, 0.25) is 0 Å². The highest BCUT2D eigenvalue weighted by Gasteiger charge is 2.30. The van der Waals surface area contributed by atoms with Crippen molar-refractivity contribution in [1.29, 1.82) is 0 Å². The van der Waals surface area contributed by atoms with E-state index in [1.165, 1.54) is 24.3 Å². The van der Waals surface area contributed by atoms with Gasteiger partial charge in [-0.25, -0.2) is 9.98 Å². The molecular weight excluding hydrogens is 450 g/mol. The van der Waals surface area contributed by atoms with Crippen molar-refractivity contribution < 1.29 is 17.9 Å². The number of anilines is 1. The van der Waals surface area contributed by atoms with E-state index in [1.54, 1.807) is 6.20 Å². The van der Waals surface area contributed by atoms with Crippen LogP contribution in [0.25, 0.3) is 0 Å². The predicted molar refractivity (Wildman–Crippen MR) is 98.1 cm³/mol. The van der Waals surface area contributed by atoms with Crippen LogP contribution in [0, 0.1) is 0 Å². The number of guanidine groups is 1. The molecule has 3 rings (SSSR count). The van der Waals surface area contributed by atoms with Crippen molar-refractivity contribution >= 4 is 35.6 Å². The number of aromatic nitrogens is 2. The van der Waals surface area contributed by atoms with Crippen LogP contribution in [0.5, 0.6) is 5.75 Å². The number of ether oxygens (including phenoxy) is 1. The average Bonchev–Trinajstić information content (AvgIpc) is 2.95. The van der Waals surface area contributed by atoms with Crippen LogP contribution in [0.2, 0.25) is 0 Å². The first-order valence-corrected chi connectivity index (χ1v) is 7.35. The van der Waals surface area contributed by atoms with Gasteiger partial charge in [-0.15, -0.1) is 37.1 Å². The second-order valence-corrected chi connectivity index (χ2v) is 5.40. The van der Waals surface area contributed by atoms with E-state index in [0.717, 1.165) is 18.8 Å². The molecule has 6 nitrogen and oxygen atoms in total. The molecule has 1 unspecified atom stereocenters. The molecule has 0 radical (unpaired) electrons. The lowest BCUT2D eigenvalue weighted by molar-refractivity contribution is -0.274. The number of nitrogens with zero attached hydrogens (tertiary/aromatic N) is 3. The van der Waals surface area contributed by atoms with Crippen molar-refractivity contribution in [2.24, 2.45) is 10.7 Å². The van der Waals surface area contributed by atoms with E-state index in [1.807, 2.05) is 6.20 Å². The van der Waals surface area contributed by atoms with E-state index < -0.39 is 6.36 Å². The maximum Gasteiger partial charge on any atom is 0.573 e. The van der Waals surface area contributed by atoms with Crippen LogP contribution in [0.15, 0.2) is 41.7 Å². The molecule has 1 aromatic heterocycles. The fourth-order valence-corrected chi connectivity index (χ4v) is 2.56. The molecule has 0 bridgehead atoms. The van der Waals surface area contributed by atoms with Crippen molar-refractivity contribution in [1.82, 2.24) is 9.55 Å². The summed E-state index contributed by atoms with van der Waals surface area (Å²) in [6.45, 7) is 0.834. The molecular formula is C15H17F3IN5O. The molecule has 10 heteroatoms. The molecule has 0 fully saturated rings. The molecule has 0 amide bonds. The van der Waals surface area contributed by atoms with Gasteiger partial charge in [0.1, 0.15) is 11.6 Å². The number of fused-ring (bicyclic) bond motifs is 1. The number of rotatable bonds is 3. The molecule has 136 valence electrons. The molecule has 0 aliphatic carbocycles. The summed E-state index contributed by atoms with van der Waals surface area (Å²) in [5, 5.41) is 2.86. The Kier molecular flexibility index (Phi) is 6.14. The first-order chi connectivity index (χ1) is 11.4. The molecule has 0 saturated heterocycles. The SMILES string of the molecule is I.NC(=NC1CCn2ccnc2C1)Nc1ccc(OC(F)(F)F)cc1. The fraction of sp³-hybridized carbons (Fsp3) is 0.333. The van der Waals surface area contributed by atoms with Crippen LogP contribution in [-0.2, 0) is 13.0 Å². The Morgan fingerprint density at radius 3 is 2.72 bits per heavy atom. The van der Waals surface area contributed by atoms with Crippen LogP contribution < -0.4 is 15.8 Å². The monoisotopic (exact) mass is 467 g/mol. The standard InChI is InChI=1S/C15H16F3N5O.HI/c16-15(17,18)24-12-3-1-10(2-4-12)21-14(19)22-11-5-7-23-8-6-20-13(23)9-11;/h1-4,6,8,11H,5,7,9H2,(H3,19,21,22);1H. The van der Waals surface area contributed by atoms with E-state index in [-0.39, 0.29) is 41.7 Å². The Balaban J connectivity index is 0.00000225. The lowest BCUT2D eigenvalue weighted by Crippen LogP contribution is -2.29. The summed E-state index contributed by atoms with van der Waals surface area (Å²) in [5.74, 6) is 0.892. The maximum atomic E-state index is 12.1. The summed E-state index contributed by atoms with van der Waals surface area (Å²) >= 11 is 0. The highest BCUT2D eigenvalue weighted by Crippen LogP contribution is 2.24. The van der Waals surface area contributed by atoms with Gasteiger partial charge in [-0.2, -0.15) is 0 Å². The molecule has 1 atom stereocenters. The number of nitrogens with two attached hydrogens (primary N) is 1. The summed E-state index contributed by atoms with van der Waals surface area (Å²) < 4.78 is 42.2. The van der Waals surface area contributed by atoms with Crippen LogP contribution >= 0.6 is 24.0 Å². The van der Waals surface area contributed by atoms with Gasteiger partial charge in [0.15, 0.2) is 5.96 Å². The first kappa shape index (κ1) is 19.3. The van der Waals surface area contributed by atoms with Crippen LogP contribution in [-0.4, -0.2) is 27.9 Å². The first-order valence-electron chi connectivity index (χ1n) is 7.35. The van der Waals surface area contributed by atoms with Crippen molar-refractivity contribution in [3.05, 3.63) is 42.5 Å². The number of alkyl halides is 3. The van der Waals surface area contributed by atoms with Gasteiger partial charge >= 0.3 is 6.36 Å². The molecule has 3 N–H and O–H groups in total. The molecule has 25 heavy (non-hydrogen) atoms. The summed E-state index contributed by atoms with van der Waals surface area (Å²) in [7, 11) is 0. The maximum absolute atomic E-state index is 12.1. The van der Waals surface area contributed by atoms with Gasteiger partial charge in [-0.05, 0) is 30.7 Å². The van der Waals surface area contributed by atoms with Gasteiger partial charge in [0.05, 0.1) is 6.04 Å². The van der Waals surface area contributed by atoms with Gasteiger partial charge in [-0.1, -0.05) is 0 Å². The molecule has 1 aliphatic rings. The number of hydrogen-bond donors (Lipinski definition) is 2. The minimum atomic E-state index is -4.71. The van der Waals surface area contributed by atoms with Crippen LogP contribution in [0.4, 0.5) is 18.9 Å². The number of hydrogen-bond acceptors (Lipinski definition) is 3. The van der Waals surface area contributed by atoms with E-state index in [0.29, 0.717) is 12.1 Å². The minimum absolute atomic E-state index is 0. The Morgan fingerprint density at radius 2 is 2.04 bits per heavy atom. The Hall–Kier alpha value is -1.98. The van der Waals surface area contributed by atoms with Crippen LogP contribution in [0.3, 0.4) is 0 Å². The molecule has 0 spiro atoms. The Labute approximate surface area is 159 Å². The van der Waals surface area contributed by atoms with Crippen molar-refractivity contribution in [3.8, 4) is 5.75 Å². The largest absolute Gasteiger partial charge is 0.573 e. The van der Waals surface area contributed by atoms with Crippen LogP contribution in [0.1, 0.15) is 12.2 Å². The van der Waals surface area contributed by atoms with E-state index in [2.05, 4.69) is 24.6 Å². The lowest BCUT2D eigenvalue weighted by atomic mass is 10.1. The number of nitrogens with one attached hydrogen (secondary N) is 1. The third-order valence-electron chi connectivity index (χ3n) is 3.61. The number of benzene rings is 1. The van der Waals surface area contributed by atoms with Gasteiger partial charge in [0.25, 0.3) is 0 Å². The van der Waals surface area contributed by atoms with Gasteiger partial charge < -0.3 is 20.4 Å². The highest BCUT2D eigenvalue weighted by molar-refractivity contribution is 14.0. The normalized spacial score (nSPS) is 17.4. The van der Waals surface area contributed by atoms with Crippen molar-refractivity contribution in [2.45, 2.75) is 31.8 Å². The summed E-state index contributed by atoms with van der Waals surface area (Å²) in [6.07, 6.45) is 0.537. The van der Waals surface area contributed by atoms with Gasteiger partial charge in [0, 0.05) is 31.0 Å². The zero-order valence-electron chi connectivity index (χ0n) is 13.0. The highest BCUT2D eigenvalue weighted by atomic mass is 127. The number of halogens is 4. The Morgan fingerprint density at radius 1 is 1.32 bits per heavy atom. The second-order valence-electron chi connectivity index (χ2n) is 5.40. The van der Waals surface area contributed by atoms with Crippen molar-refractivity contribution in [2.75, 3.05) is 5.32 Å². The summed E-state index contributed by atoms with van der Waals surface area (Å²) in [5.41, 5.74) is 6.40. The topological polar surface area (TPSA) is 77.5 Å². The van der Waals surface area contributed by atoms with E-state index in [4.69, 9.17) is 5.73 Å². The van der Waals surface area contributed by atoms with E-state index in [9.17, 15) is 13.2 Å². The smallest absolute Gasteiger partial charge is 0.406 e. The fourth-order valence-electron chi connectivity index (χ4n) is 2.56. The molecule has 2 aromatic rings. The third-order valence-corrected chi connectivity index (χ3v) is 3.61. The third kappa shape index (κ3) is 5.51. The minimum Gasteiger partial charge on any atom is -0.406 e. The number of imidazole rings is 1. The second kappa shape index (κ2) is 7.93. The average molecular weight is 467 g/mol. The summed E-state index contributed by atoms with van der Waals surface area (Å²) in [4.78, 5) is 8.67. The number of aliphatic imine (C=N–C) groups is 1. The van der Waals surface area contributed by atoms with E-state index >= 15 is 0 Å². The zero-order chi connectivity index (χ0) is 17.2. The number of aryl methyl sites for hydroxylation is 1. The molecule has 1 aliphatic heterocycles. The quantitative estimate of drug-likeness (QED) is 0.413.